The van der Waals surface area contributed by atoms with Crippen molar-refractivity contribution in [2.24, 2.45) is 4.99 Å². The van der Waals surface area contributed by atoms with Gasteiger partial charge in [-0.2, -0.15) is 0 Å². The molecule has 5 heteroatoms. The summed E-state index contributed by atoms with van der Waals surface area (Å²) in [5, 5.41) is 3.40. The molecule has 0 aromatic heterocycles. The number of hydrogen-bond donors (Lipinski definition) is 1. The second-order valence-electron chi connectivity index (χ2n) is 6.31. The minimum atomic E-state index is -0.151. The van der Waals surface area contributed by atoms with Crippen molar-refractivity contribution in [1.82, 2.24) is 5.32 Å². The summed E-state index contributed by atoms with van der Waals surface area (Å²) in [7, 11) is 1.64. The number of methoxy groups -OCH3 is 1. The molecular weight excluding hydrogens is 332 g/mol. The molecule has 1 heterocycles. The fourth-order valence-corrected chi connectivity index (χ4v) is 3.65. The quantitative estimate of drug-likeness (QED) is 0.872. The maximum absolute atomic E-state index is 12.2. The lowest BCUT2D eigenvalue weighted by atomic mass is 10.0. The second-order valence-corrected chi connectivity index (χ2v) is 7.50. The molecule has 3 rings (SSSR count). The van der Waals surface area contributed by atoms with Crippen LogP contribution in [0.15, 0.2) is 53.5 Å². The van der Waals surface area contributed by atoms with Crippen LogP contribution in [0.3, 0.4) is 0 Å². The third kappa shape index (κ3) is 4.42. The Bertz CT molecular complexity index is 767. The Morgan fingerprint density at radius 1 is 1.12 bits per heavy atom. The number of hydrogen-bond acceptors (Lipinski definition) is 4. The molecule has 1 amide bonds. The van der Waals surface area contributed by atoms with Gasteiger partial charge in [-0.25, -0.2) is 4.99 Å². The predicted octanol–water partition coefficient (Wildman–Crippen LogP) is 4.28. The molecule has 2 aromatic rings. The maximum atomic E-state index is 12.2. The molecule has 1 N–H and O–H groups in total. The molecule has 1 fully saturated rings. The Hall–Kier alpha value is -2.27. The van der Waals surface area contributed by atoms with Gasteiger partial charge in [0, 0.05) is 0 Å². The number of benzene rings is 2. The summed E-state index contributed by atoms with van der Waals surface area (Å²) in [6.45, 7) is 4.33. The van der Waals surface area contributed by atoms with E-state index < -0.39 is 0 Å². The number of amidine groups is 1. The average molecular weight is 354 g/mol. The van der Waals surface area contributed by atoms with Crippen LogP contribution < -0.4 is 10.1 Å². The summed E-state index contributed by atoms with van der Waals surface area (Å²) >= 11 is 1.49. The zero-order valence-corrected chi connectivity index (χ0v) is 15.5. The normalized spacial score (nSPS) is 18.6. The first-order valence-electron chi connectivity index (χ1n) is 8.34. The molecule has 4 nitrogen and oxygen atoms in total. The number of rotatable bonds is 5. The van der Waals surface area contributed by atoms with Gasteiger partial charge in [-0.15, -0.1) is 0 Å². The maximum Gasteiger partial charge on any atom is 0.239 e. The highest BCUT2D eigenvalue weighted by Gasteiger charge is 2.30. The van der Waals surface area contributed by atoms with E-state index >= 15 is 0 Å². The molecular formula is C20H22N2O2S. The molecule has 1 aliphatic heterocycles. The average Bonchev–Trinajstić information content (AvgIpc) is 2.95. The van der Waals surface area contributed by atoms with Crippen molar-refractivity contribution < 1.29 is 9.53 Å². The smallest absolute Gasteiger partial charge is 0.239 e. The first-order chi connectivity index (χ1) is 12.0. The van der Waals surface area contributed by atoms with Gasteiger partial charge in [-0.05, 0) is 47.7 Å². The minimum Gasteiger partial charge on any atom is -0.497 e. The molecule has 130 valence electrons. The topological polar surface area (TPSA) is 50.7 Å². The largest absolute Gasteiger partial charge is 0.497 e. The highest BCUT2D eigenvalue weighted by Crippen LogP contribution is 2.27. The lowest BCUT2D eigenvalue weighted by Gasteiger charge is -2.06. The van der Waals surface area contributed by atoms with Gasteiger partial charge in [0.25, 0.3) is 0 Å². The van der Waals surface area contributed by atoms with E-state index in [0.29, 0.717) is 17.5 Å². The van der Waals surface area contributed by atoms with Gasteiger partial charge in [-0.3, -0.25) is 4.79 Å². The molecule has 1 aliphatic rings. The number of thioether (sulfide) groups is 1. The van der Waals surface area contributed by atoms with E-state index in [1.165, 1.54) is 17.3 Å². The van der Waals surface area contributed by atoms with Crippen molar-refractivity contribution in [3.05, 3.63) is 59.7 Å². The van der Waals surface area contributed by atoms with Crippen molar-refractivity contribution in [3.63, 3.8) is 0 Å². The number of carbonyl (C=O) groups excluding carboxylic acids is 1. The Labute approximate surface area is 152 Å². The molecule has 25 heavy (non-hydrogen) atoms. The Morgan fingerprint density at radius 2 is 1.80 bits per heavy atom. The highest BCUT2D eigenvalue weighted by molar-refractivity contribution is 8.15. The van der Waals surface area contributed by atoms with Crippen molar-refractivity contribution in [2.75, 3.05) is 7.11 Å². The number of ether oxygens (including phenoxy) is 1. The second kappa shape index (κ2) is 7.74. The number of amides is 1. The van der Waals surface area contributed by atoms with Crippen molar-refractivity contribution in [2.45, 2.75) is 31.4 Å². The summed E-state index contributed by atoms with van der Waals surface area (Å²) in [5.41, 5.74) is 3.25. The van der Waals surface area contributed by atoms with Crippen LogP contribution in [0, 0.1) is 0 Å². The number of carbonyl (C=O) groups is 1. The number of nitrogens with one attached hydrogen (secondary N) is 1. The molecule has 1 unspecified atom stereocenters. The van der Waals surface area contributed by atoms with Crippen LogP contribution in [-0.4, -0.2) is 23.4 Å². The third-order valence-electron chi connectivity index (χ3n) is 4.15. The third-order valence-corrected chi connectivity index (χ3v) is 5.23. The van der Waals surface area contributed by atoms with E-state index in [2.05, 4.69) is 36.3 Å². The van der Waals surface area contributed by atoms with Gasteiger partial charge >= 0.3 is 0 Å². The van der Waals surface area contributed by atoms with E-state index in [4.69, 9.17) is 4.74 Å². The van der Waals surface area contributed by atoms with Crippen LogP contribution in [0.25, 0.3) is 0 Å². The van der Waals surface area contributed by atoms with Gasteiger partial charge in [0.05, 0.1) is 18.0 Å². The number of nitrogens with zero attached hydrogens (tertiary/aromatic N) is 1. The lowest BCUT2D eigenvalue weighted by Crippen LogP contribution is -2.25. The first-order valence-corrected chi connectivity index (χ1v) is 9.22. The van der Waals surface area contributed by atoms with E-state index in [1.807, 2.05) is 36.4 Å². The van der Waals surface area contributed by atoms with E-state index in [-0.39, 0.29) is 11.2 Å². The van der Waals surface area contributed by atoms with Gasteiger partial charge < -0.3 is 10.1 Å². The minimum absolute atomic E-state index is 0.0124. The summed E-state index contributed by atoms with van der Waals surface area (Å²) in [6, 6.07) is 16.0. The molecule has 0 bridgehead atoms. The van der Waals surface area contributed by atoms with Crippen molar-refractivity contribution in [3.8, 4) is 5.75 Å². The van der Waals surface area contributed by atoms with Crippen LogP contribution in [-0.2, 0) is 11.2 Å². The molecule has 1 atom stereocenters. The molecule has 0 radical (unpaired) electrons. The molecule has 0 spiro atoms. The van der Waals surface area contributed by atoms with Crippen LogP contribution in [0.5, 0.6) is 5.75 Å². The van der Waals surface area contributed by atoms with Crippen molar-refractivity contribution >= 4 is 28.5 Å². The van der Waals surface area contributed by atoms with Crippen LogP contribution in [0.2, 0.25) is 0 Å². The van der Waals surface area contributed by atoms with Gasteiger partial charge in [0.15, 0.2) is 5.17 Å². The van der Waals surface area contributed by atoms with Crippen LogP contribution >= 0.6 is 11.8 Å². The molecule has 0 saturated carbocycles. The van der Waals surface area contributed by atoms with E-state index in [9.17, 15) is 4.79 Å². The lowest BCUT2D eigenvalue weighted by molar-refractivity contribution is -0.118. The number of aliphatic imine (C=N–C) groups is 1. The molecule has 2 aromatic carbocycles. The van der Waals surface area contributed by atoms with E-state index in [1.54, 1.807) is 7.11 Å². The predicted molar refractivity (Wildman–Crippen MR) is 104 cm³/mol. The SMILES string of the molecule is COc1ccc(CC2SC(=Nc3ccc(C(C)C)cc3)NC2=O)cc1. The monoisotopic (exact) mass is 354 g/mol. The van der Waals surface area contributed by atoms with Gasteiger partial charge in [0.1, 0.15) is 5.75 Å². The van der Waals surface area contributed by atoms with Crippen LogP contribution in [0.4, 0.5) is 5.69 Å². The summed E-state index contributed by atoms with van der Waals surface area (Å²) in [6.07, 6.45) is 0.672. The zero-order valence-electron chi connectivity index (χ0n) is 14.7. The van der Waals surface area contributed by atoms with Gasteiger partial charge in [0.2, 0.25) is 5.91 Å². The Kier molecular flexibility index (Phi) is 5.43. The molecule has 1 saturated heterocycles. The summed E-state index contributed by atoms with van der Waals surface area (Å²) < 4.78 is 5.16. The van der Waals surface area contributed by atoms with Crippen molar-refractivity contribution in [1.29, 1.82) is 0 Å². The van der Waals surface area contributed by atoms with E-state index in [0.717, 1.165) is 17.0 Å². The Morgan fingerprint density at radius 3 is 2.40 bits per heavy atom. The fourth-order valence-electron chi connectivity index (χ4n) is 2.62. The Balaban J connectivity index is 1.66. The van der Waals surface area contributed by atoms with Crippen LogP contribution in [0.1, 0.15) is 30.9 Å². The standard InChI is InChI=1S/C20H22N2O2S/c1-13(2)15-6-8-16(9-7-15)21-20-22-19(23)18(25-20)12-14-4-10-17(24-3)11-5-14/h4-11,13,18H,12H2,1-3H3,(H,21,22,23). The van der Waals surface area contributed by atoms with Gasteiger partial charge in [-0.1, -0.05) is 49.9 Å². The summed E-state index contributed by atoms with van der Waals surface area (Å²) in [5.74, 6) is 1.33. The molecule has 0 aliphatic carbocycles. The highest BCUT2D eigenvalue weighted by atomic mass is 32.2. The fraction of sp³-hybridized carbons (Fsp3) is 0.300. The summed E-state index contributed by atoms with van der Waals surface area (Å²) in [4.78, 5) is 16.8. The first kappa shape index (κ1) is 17.5. The zero-order chi connectivity index (χ0) is 17.8.